The van der Waals surface area contributed by atoms with E-state index in [-0.39, 0.29) is 22.8 Å². The van der Waals surface area contributed by atoms with Crippen LogP contribution < -0.4 is 0 Å². The van der Waals surface area contributed by atoms with E-state index >= 15 is 0 Å². The molecule has 1 aromatic heterocycles. The van der Waals surface area contributed by atoms with Crippen molar-refractivity contribution in [1.82, 2.24) is 4.98 Å². The number of phenols is 1. The summed E-state index contributed by atoms with van der Waals surface area (Å²) in [6.45, 7) is 0. The number of hydrogen-bond acceptors (Lipinski definition) is 10. The van der Waals surface area contributed by atoms with E-state index in [0.717, 1.165) is 5.39 Å². The molecule has 1 radical (unpaired) electrons. The Morgan fingerprint density at radius 2 is 1.27 bits per heavy atom. The molecule has 1 heterocycles. The Morgan fingerprint density at radius 3 is 1.68 bits per heavy atom. The van der Waals surface area contributed by atoms with E-state index in [9.17, 15) is 5.11 Å². The Balaban J connectivity index is 0. The molecule has 22 heavy (non-hydrogen) atoms. The summed E-state index contributed by atoms with van der Waals surface area (Å²) in [5, 5.41) is 10.3. The second-order valence-electron chi connectivity index (χ2n) is 3.17. The van der Waals surface area contributed by atoms with Gasteiger partial charge in [-0.1, -0.05) is 18.2 Å². The predicted molar refractivity (Wildman–Crippen MR) is 64.4 cm³/mol. The normalized spacial score (nSPS) is 10.4. The Bertz CT molecular complexity index is 740. The van der Waals surface area contributed by atoms with Crippen molar-refractivity contribution in [3.63, 3.8) is 0 Å². The van der Waals surface area contributed by atoms with Crippen molar-refractivity contribution >= 4 is 31.7 Å². The maximum Gasteiger partial charge on any atom is 0.141 e. The molecule has 0 bridgehead atoms. The van der Waals surface area contributed by atoms with Crippen molar-refractivity contribution in [3.05, 3.63) is 36.5 Å². The fourth-order valence-electron chi connectivity index (χ4n) is 1.09. The molecule has 0 saturated heterocycles. The van der Waals surface area contributed by atoms with E-state index in [1.54, 1.807) is 18.3 Å². The van der Waals surface area contributed by atoms with Crippen molar-refractivity contribution in [2.45, 2.75) is 0 Å². The summed E-state index contributed by atoms with van der Waals surface area (Å²) < 4.78 is 68.2. The van der Waals surface area contributed by atoms with Crippen molar-refractivity contribution in [3.8, 4) is 5.75 Å². The first-order valence-electron chi connectivity index (χ1n) is 4.74. The third-order valence-corrected chi connectivity index (χ3v) is 1.61. The summed E-state index contributed by atoms with van der Waals surface area (Å²) in [6.07, 6.45) is 1.67. The molecule has 0 aliphatic heterocycles. The van der Waals surface area contributed by atoms with Crippen LogP contribution in [0.3, 0.4) is 0 Å². The van der Waals surface area contributed by atoms with Crippen LogP contribution in [0.2, 0.25) is 0 Å². The average molecular weight is 401 g/mol. The number of rotatable bonds is 0. The maximum absolute atomic E-state index is 9.31. The monoisotopic (exact) mass is 400 g/mol. The zero-order chi connectivity index (χ0) is 16.7. The van der Waals surface area contributed by atoms with Crippen molar-refractivity contribution in [2.75, 3.05) is 0 Å². The molecular formula is C9H7CuNO9S2-4. The topological polar surface area (TPSA) is 194 Å². The minimum atomic E-state index is -5.17. The third-order valence-electron chi connectivity index (χ3n) is 1.61. The van der Waals surface area contributed by atoms with Crippen LogP contribution in [-0.2, 0) is 37.9 Å². The van der Waals surface area contributed by atoms with Gasteiger partial charge in [0.2, 0.25) is 0 Å². The molecule has 0 saturated carbocycles. The Hall–Kier alpha value is -1.31. The molecule has 10 nitrogen and oxygen atoms in total. The van der Waals surface area contributed by atoms with Gasteiger partial charge in [0.05, 0.1) is 0 Å². The number of benzene rings is 1. The second kappa shape index (κ2) is 9.65. The van der Waals surface area contributed by atoms with Crippen LogP contribution in [0, 0.1) is 0 Å². The first-order valence-corrected chi connectivity index (χ1v) is 7.40. The van der Waals surface area contributed by atoms with Gasteiger partial charge in [-0.2, -0.15) is 0 Å². The quantitative estimate of drug-likeness (QED) is 0.334. The van der Waals surface area contributed by atoms with Gasteiger partial charge in [0, 0.05) is 49.4 Å². The fourth-order valence-corrected chi connectivity index (χ4v) is 1.09. The first kappa shape index (κ1) is 23.0. The number of para-hydroxylation sites is 1. The molecular weight excluding hydrogens is 394 g/mol. The van der Waals surface area contributed by atoms with E-state index in [4.69, 9.17) is 35.0 Å². The SMILES string of the molecule is O=S(=O)([O-])[O-].O=S(=O)([O-])[O-].Oc1cccc2cccnc12.[Cu]. The molecule has 129 valence electrons. The number of fused-ring (bicyclic) bond motifs is 1. The maximum atomic E-state index is 9.31. The van der Waals surface area contributed by atoms with Crippen LogP contribution >= 0.6 is 0 Å². The molecule has 1 aromatic carbocycles. The molecule has 0 fully saturated rings. The number of aromatic hydroxyl groups is 1. The fraction of sp³-hybridized carbons (Fsp3) is 0. The van der Waals surface area contributed by atoms with E-state index in [2.05, 4.69) is 4.98 Å². The Labute approximate surface area is 136 Å². The number of hydrogen-bond donors (Lipinski definition) is 1. The first-order chi connectivity index (χ1) is 9.38. The zero-order valence-electron chi connectivity index (χ0n) is 10.2. The molecule has 0 amide bonds. The minimum Gasteiger partial charge on any atom is -0.759 e. The van der Waals surface area contributed by atoms with E-state index < -0.39 is 20.8 Å². The van der Waals surface area contributed by atoms with Gasteiger partial charge in [-0.15, -0.1) is 0 Å². The van der Waals surface area contributed by atoms with Crippen molar-refractivity contribution in [2.24, 2.45) is 0 Å². The molecule has 0 spiro atoms. The molecule has 2 aromatic rings. The van der Waals surface area contributed by atoms with Gasteiger partial charge in [-0.25, -0.2) is 0 Å². The number of phenolic OH excluding ortho intramolecular Hbond substituents is 1. The van der Waals surface area contributed by atoms with Gasteiger partial charge in [0.25, 0.3) is 0 Å². The predicted octanol–water partition coefficient (Wildman–Crippen LogP) is -0.738. The summed E-state index contributed by atoms with van der Waals surface area (Å²) >= 11 is 0. The molecule has 0 aliphatic carbocycles. The number of nitrogens with zero attached hydrogens (tertiary/aromatic N) is 1. The van der Waals surface area contributed by atoms with Gasteiger partial charge >= 0.3 is 0 Å². The van der Waals surface area contributed by atoms with Gasteiger partial charge < -0.3 is 23.3 Å². The van der Waals surface area contributed by atoms with Crippen LogP contribution in [0.1, 0.15) is 0 Å². The Morgan fingerprint density at radius 1 is 0.864 bits per heavy atom. The van der Waals surface area contributed by atoms with Crippen LogP contribution in [0.25, 0.3) is 10.9 Å². The molecule has 13 heteroatoms. The number of pyridine rings is 1. The minimum absolute atomic E-state index is 0. The summed E-state index contributed by atoms with van der Waals surface area (Å²) in [7, 11) is -10.3. The summed E-state index contributed by atoms with van der Waals surface area (Å²) in [4.78, 5) is 4.03. The Kier molecular flexibility index (Phi) is 10.1. The van der Waals surface area contributed by atoms with Gasteiger partial charge in [-0.3, -0.25) is 21.8 Å². The van der Waals surface area contributed by atoms with Gasteiger partial charge in [0.1, 0.15) is 11.3 Å². The summed E-state index contributed by atoms with van der Waals surface area (Å²) in [5.74, 6) is 0.239. The molecule has 2 rings (SSSR count). The smallest absolute Gasteiger partial charge is 0.141 e. The molecule has 0 aliphatic rings. The number of aromatic nitrogens is 1. The van der Waals surface area contributed by atoms with Gasteiger partial charge in [0.15, 0.2) is 0 Å². The van der Waals surface area contributed by atoms with Crippen molar-refractivity contribution < 1.29 is 57.2 Å². The van der Waals surface area contributed by atoms with Crippen LogP contribution in [0.5, 0.6) is 5.75 Å². The van der Waals surface area contributed by atoms with Crippen LogP contribution in [0.15, 0.2) is 36.5 Å². The molecule has 0 atom stereocenters. The summed E-state index contributed by atoms with van der Waals surface area (Å²) in [6, 6.07) is 9.13. The van der Waals surface area contributed by atoms with E-state index in [0.29, 0.717) is 5.52 Å². The van der Waals surface area contributed by atoms with Crippen LogP contribution in [0.4, 0.5) is 0 Å². The average Bonchev–Trinajstić information content (AvgIpc) is 2.25. The zero-order valence-corrected chi connectivity index (χ0v) is 12.8. The van der Waals surface area contributed by atoms with Gasteiger partial charge in [-0.05, 0) is 12.1 Å². The standard InChI is InChI=1S/C9H7NO.Cu.2H2O4S/c11-8-5-1-3-7-4-2-6-10-9(7)8;;2*1-5(2,3)4/h1-6,11H;;2*(H2,1,2,3,4)/p-4. The summed E-state index contributed by atoms with van der Waals surface area (Å²) in [5.41, 5.74) is 0.662. The van der Waals surface area contributed by atoms with E-state index in [1.165, 1.54) is 0 Å². The van der Waals surface area contributed by atoms with Crippen LogP contribution in [-0.4, -0.2) is 45.1 Å². The van der Waals surface area contributed by atoms with Crippen molar-refractivity contribution in [1.29, 1.82) is 0 Å². The largest absolute Gasteiger partial charge is 0.759 e. The van der Waals surface area contributed by atoms with E-state index in [1.807, 2.05) is 18.2 Å². The second-order valence-corrected chi connectivity index (χ2v) is 4.80. The molecule has 1 N–H and O–H groups in total. The third kappa shape index (κ3) is 15.1. The molecule has 0 unspecified atom stereocenters.